The largest absolute Gasteiger partial charge is 0.321 e. The maximum Gasteiger partial charge on any atom is 0.274 e. The van der Waals surface area contributed by atoms with E-state index in [2.05, 4.69) is 5.32 Å². The normalized spacial score (nSPS) is 11.1. The third kappa shape index (κ3) is 5.24. The summed E-state index contributed by atoms with van der Waals surface area (Å²) in [5, 5.41) is 14.2. The third-order valence-corrected chi connectivity index (χ3v) is 6.35. The molecule has 0 heterocycles. The van der Waals surface area contributed by atoms with Gasteiger partial charge in [-0.3, -0.25) is 19.2 Å². The molecule has 0 atom stereocenters. The zero-order chi connectivity index (χ0) is 23.5. The van der Waals surface area contributed by atoms with Crippen LogP contribution in [0.5, 0.6) is 0 Å². The Bertz CT molecular complexity index is 1280. The van der Waals surface area contributed by atoms with Gasteiger partial charge in [0.25, 0.3) is 11.6 Å². The molecule has 3 aromatic rings. The lowest BCUT2D eigenvalue weighted by atomic mass is 10.1. The summed E-state index contributed by atoms with van der Waals surface area (Å²) in [7, 11) is -3.62. The van der Waals surface area contributed by atoms with Gasteiger partial charge < -0.3 is 5.32 Å². The van der Waals surface area contributed by atoms with Crippen LogP contribution in [0, 0.1) is 17.0 Å². The highest BCUT2D eigenvalue weighted by molar-refractivity contribution is 7.92. The van der Waals surface area contributed by atoms with Crippen LogP contribution < -0.4 is 9.62 Å². The van der Waals surface area contributed by atoms with Crippen molar-refractivity contribution in [2.45, 2.75) is 13.5 Å². The van der Waals surface area contributed by atoms with Crippen molar-refractivity contribution in [3.63, 3.8) is 0 Å². The van der Waals surface area contributed by atoms with Crippen LogP contribution in [-0.4, -0.2) is 25.5 Å². The molecule has 0 aliphatic carbocycles. The Morgan fingerprint density at radius 1 is 1.06 bits per heavy atom. The van der Waals surface area contributed by atoms with Gasteiger partial charge in [-0.15, -0.1) is 0 Å². The van der Waals surface area contributed by atoms with E-state index in [-0.39, 0.29) is 17.8 Å². The van der Waals surface area contributed by atoms with Gasteiger partial charge in [-0.05, 0) is 48.9 Å². The molecule has 0 radical (unpaired) electrons. The smallest absolute Gasteiger partial charge is 0.274 e. The Morgan fingerprint density at radius 3 is 2.31 bits per heavy atom. The molecule has 32 heavy (non-hydrogen) atoms. The van der Waals surface area contributed by atoms with Crippen molar-refractivity contribution in [3.8, 4) is 0 Å². The molecule has 0 aromatic heterocycles. The van der Waals surface area contributed by atoms with E-state index in [0.717, 1.165) is 6.26 Å². The molecule has 0 saturated carbocycles. The van der Waals surface area contributed by atoms with Crippen LogP contribution >= 0.6 is 11.6 Å². The van der Waals surface area contributed by atoms with Crippen LogP contribution in [0.2, 0.25) is 5.02 Å². The van der Waals surface area contributed by atoms with Gasteiger partial charge in [-0.25, -0.2) is 8.42 Å². The van der Waals surface area contributed by atoms with Crippen molar-refractivity contribution < 1.29 is 18.1 Å². The third-order valence-electron chi connectivity index (χ3n) is 4.84. The number of nitro benzene ring substituents is 1. The number of benzene rings is 3. The molecule has 0 spiro atoms. The van der Waals surface area contributed by atoms with E-state index in [1.165, 1.54) is 40.7 Å². The van der Waals surface area contributed by atoms with E-state index in [4.69, 9.17) is 11.6 Å². The van der Waals surface area contributed by atoms with Crippen molar-refractivity contribution in [2.24, 2.45) is 0 Å². The summed E-state index contributed by atoms with van der Waals surface area (Å²) in [6.07, 6.45) is 1.09. The monoisotopic (exact) mass is 473 g/mol. The molecule has 3 rings (SSSR count). The van der Waals surface area contributed by atoms with Crippen molar-refractivity contribution in [2.75, 3.05) is 15.9 Å². The molecule has 0 unspecified atom stereocenters. The van der Waals surface area contributed by atoms with E-state index in [9.17, 15) is 23.3 Å². The molecule has 10 heteroatoms. The van der Waals surface area contributed by atoms with Gasteiger partial charge in [-0.1, -0.05) is 35.9 Å². The number of nitrogens with zero attached hydrogens (tertiary/aromatic N) is 2. The van der Waals surface area contributed by atoms with Gasteiger partial charge >= 0.3 is 0 Å². The lowest BCUT2D eigenvalue weighted by Gasteiger charge is -2.23. The molecule has 1 N–H and O–H groups in total. The first kappa shape index (κ1) is 23.2. The van der Waals surface area contributed by atoms with Gasteiger partial charge in [0.1, 0.15) is 0 Å². The van der Waals surface area contributed by atoms with Gasteiger partial charge in [0.15, 0.2) is 0 Å². The summed E-state index contributed by atoms with van der Waals surface area (Å²) >= 11 is 6.18. The van der Waals surface area contributed by atoms with Gasteiger partial charge in [0.2, 0.25) is 10.0 Å². The molecular formula is C22H20ClN3O5S. The minimum atomic E-state index is -3.62. The summed E-state index contributed by atoms with van der Waals surface area (Å²) in [5.74, 6) is -0.475. The lowest BCUT2D eigenvalue weighted by Crippen LogP contribution is -2.29. The second-order valence-corrected chi connectivity index (χ2v) is 9.38. The predicted octanol–water partition coefficient (Wildman–Crippen LogP) is 4.78. The summed E-state index contributed by atoms with van der Waals surface area (Å²) in [5.41, 5.74) is 1.85. The fourth-order valence-corrected chi connectivity index (χ4v) is 4.19. The van der Waals surface area contributed by atoms with Gasteiger partial charge in [0, 0.05) is 16.7 Å². The second-order valence-electron chi connectivity index (χ2n) is 7.07. The fraction of sp³-hybridized carbons (Fsp3) is 0.136. The topological polar surface area (TPSA) is 110 Å². The van der Waals surface area contributed by atoms with Crippen LogP contribution in [0.15, 0.2) is 66.7 Å². The quantitative estimate of drug-likeness (QED) is 0.392. The number of anilines is 2. The molecule has 166 valence electrons. The summed E-state index contributed by atoms with van der Waals surface area (Å²) in [4.78, 5) is 23.2. The molecule has 0 bridgehead atoms. The second kappa shape index (κ2) is 9.37. The Labute approximate surface area is 190 Å². The first-order valence-electron chi connectivity index (χ1n) is 9.44. The van der Waals surface area contributed by atoms with E-state index in [1.54, 1.807) is 37.3 Å². The van der Waals surface area contributed by atoms with Crippen molar-refractivity contribution in [3.05, 3.63) is 98.6 Å². The maximum absolute atomic E-state index is 12.6. The van der Waals surface area contributed by atoms with Crippen LogP contribution in [0.3, 0.4) is 0 Å². The average Bonchev–Trinajstić information content (AvgIpc) is 2.73. The SMILES string of the molecule is Cc1c(NC(=O)c2ccc(N(Cc3ccccc3Cl)S(C)(=O)=O)cc2)cccc1[N+](=O)[O-]. The zero-order valence-corrected chi connectivity index (χ0v) is 18.9. The van der Waals surface area contributed by atoms with E-state index in [0.29, 0.717) is 27.5 Å². The number of nitrogens with one attached hydrogen (secondary N) is 1. The van der Waals surface area contributed by atoms with Gasteiger partial charge in [-0.2, -0.15) is 0 Å². The molecule has 0 aliphatic rings. The predicted molar refractivity (Wildman–Crippen MR) is 125 cm³/mol. The number of nitro groups is 1. The van der Waals surface area contributed by atoms with Crippen molar-refractivity contribution in [1.82, 2.24) is 0 Å². The molecule has 0 aliphatic heterocycles. The van der Waals surface area contributed by atoms with Crippen molar-refractivity contribution >= 4 is 44.6 Å². The van der Waals surface area contributed by atoms with E-state index < -0.39 is 20.9 Å². The zero-order valence-electron chi connectivity index (χ0n) is 17.3. The number of hydrogen-bond acceptors (Lipinski definition) is 5. The first-order valence-corrected chi connectivity index (χ1v) is 11.7. The van der Waals surface area contributed by atoms with E-state index >= 15 is 0 Å². The summed E-state index contributed by atoms with van der Waals surface area (Å²) in [6.45, 7) is 1.59. The summed E-state index contributed by atoms with van der Waals surface area (Å²) in [6, 6.07) is 17.4. The number of sulfonamides is 1. The average molecular weight is 474 g/mol. The van der Waals surface area contributed by atoms with Crippen LogP contribution in [0.1, 0.15) is 21.5 Å². The molecule has 0 saturated heterocycles. The first-order chi connectivity index (χ1) is 15.1. The molecule has 0 fully saturated rings. The standard InChI is InChI=1S/C22H20ClN3O5S/c1-15-20(8-5-9-21(15)26(28)29)24-22(27)16-10-12-18(13-11-16)25(32(2,30)31)14-17-6-3-4-7-19(17)23/h3-13H,14H2,1-2H3,(H,24,27). The molecule has 1 amide bonds. The Kier molecular flexibility index (Phi) is 6.81. The minimum absolute atomic E-state index is 0.0386. The number of halogens is 1. The Balaban J connectivity index is 1.84. The highest BCUT2D eigenvalue weighted by Crippen LogP contribution is 2.27. The van der Waals surface area contributed by atoms with Crippen LogP contribution in [-0.2, 0) is 16.6 Å². The minimum Gasteiger partial charge on any atom is -0.321 e. The van der Waals surface area contributed by atoms with Crippen LogP contribution in [0.4, 0.5) is 17.1 Å². The Morgan fingerprint density at radius 2 is 1.72 bits per heavy atom. The maximum atomic E-state index is 12.6. The number of hydrogen-bond donors (Lipinski definition) is 1. The highest BCUT2D eigenvalue weighted by atomic mass is 35.5. The number of carbonyl (C=O) groups is 1. The van der Waals surface area contributed by atoms with Crippen LogP contribution in [0.25, 0.3) is 0 Å². The lowest BCUT2D eigenvalue weighted by molar-refractivity contribution is -0.385. The molecule has 3 aromatic carbocycles. The summed E-state index contributed by atoms with van der Waals surface area (Å²) < 4.78 is 26.0. The fourth-order valence-electron chi connectivity index (χ4n) is 3.11. The Hall–Kier alpha value is -3.43. The van der Waals surface area contributed by atoms with Gasteiger partial charge in [0.05, 0.1) is 34.7 Å². The van der Waals surface area contributed by atoms with E-state index in [1.807, 2.05) is 0 Å². The number of amides is 1. The number of rotatable bonds is 7. The molecule has 8 nitrogen and oxygen atoms in total. The van der Waals surface area contributed by atoms with Crippen molar-refractivity contribution in [1.29, 1.82) is 0 Å². The number of carbonyl (C=O) groups excluding carboxylic acids is 1. The molecular weight excluding hydrogens is 454 g/mol. The highest BCUT2D eigenvalue weighted by Gasteiger charge is 2.20.